The Morgan fingerprint density at radius 2 is 0.305 bits per heavy atom. The van der Waals surface area contributed by atoms with Crippen molar-refractivity contribution in [1.82, 2.24) is 0 Å². The van der Waals surface area contributed by atoms with Crippen molar-refractivity contribution < 1.29 is 176 Å². The van der Waals surface area contributed by atoms with Crippen LogP contribution in [0.25, 0.3) is 0 Å². The van der Waals surface area contributed by atoms with Gasteiger partial charge < -0.3 is 4.89 Å². The van der Waals surface area contributed by atoms with Gasteiger partial charge in [0.25, 0.3) is 0 Å². The lowest BCUT2D eigenvalue weighted by atomic mass is 9.85. The summed E-state index contributed by atoms with van der Waals surface area (Å²) in [6, 6.07) is 0. The van der Waals surface area contributed by atoms with E-state index in [1.165, 1.54) is 0 Å². The van der Waals surface area contributed by atoms with E-state index in [9.17, 15) is 171 Å². The average Bonchev–Trinajstić information content (AvgIpc) is 2.98. The van der Waals surface area contributed by atoms with E-state index < -0.39 is 114 Å². The molecule has 0 radical (unpaired) electrons. The van der Waals surface area contributed by atoms with E-state index in [0.29, 0.717) is 0 Å². The van der Waals surface area contributed by atoms with Crippen molar-refractivity contribution in [3.8, 4) is 0 Å². The molecule has 1 N–H and O–H groups in total. The highest BCUT2D eigenvalue weighted by molar-refractivity contribution is 7.60. The number of alkyl halides is 38. The van der Waals surface area contributed by atoms with Crippen LogP contribution in [0.15, 0.2) is 0 Å². The molecule has 41 heteroatoms. The first-order chi connectivity index (χ1) is 24.5. The summed E-state index contributed by atoms with van der Waals surface area (Å²) in [6.45, 7) is 0. The van der Waals surface area contributed by atoms with Crippen molar-refractivity contribution in [1.29, 1.82) is 0 Å². The van der Waals surface area contributed by atoms with E-state index in [2.05, 4.69) is 0 Å². The summed E-state index contributed by atoms with van der Waals surface area (Å²) in [7, 11) is -11.4. The fourth-order valence-electron chi connectivity index (χ4n) is 3.26. The zero-order valence-electron chi connectivity index (χ0n) is 24.7. The molecular formula is C18HF38O2P. The summed E-state index contributed by atoms with van der Waals surface area (Å²) in [5, 5.41) is 0. The lowest BCUT2D eigenvalue weighted by Gasteiger charge is -2.46. The van der Waals surface area contributed by atoms with E-state index in [-0.39, 0.29) is 0 Å². The Kier molecular flexibility index (Phi) is 12.7. The molecule has 0 bridgehead atoms. The van der Waals surface area contributed by atoms with Gasteiger partial charge in [0.2, 0.25) is 0 Å². The van der Waals surface area contributed by atoms with Crippen molar-refractivity contribution in [2.24, 2.45) is 0 Å². The minimum Gasteiger partial charge on any atom is -0.336 e. The molecule has 0 aromatic heterocycles. The third-order valence-electron chi connectivity index (χ3n) is 6.96. The summed E-state index contributed by atoms with van der Waals surface area (Å²) in [5.41, 5.74) is -19.9. The van der Waals surface area contributed by atoms with Crippen LogP contribution >= 0.6 is 7.37 Å². The van der Waals surface area contributed by atoms with Gasteiger partial charge in [-0.2, -0.15) is 167 Å². The molecule has 356 valence electrons. The van der Waals surface area contributed by atoms with Crippen LogP contribution < -0.4 is 0 Å². The molecule has 0 fully saturated rings. The molecule has 0 saturated carbocycles. The predicted molar refractivity (Wildman–Crippen MR) is 101 cm³/mol. The monoisotopic (exact) mass is 1000 g/mol. The maximum atomic E-state index is 14.0. The van der Waals surface area contributed by atoms with Gasteiger partial charge in [0.05, 0.1) is 0 Å². The molecule has 2 nitrogen and oxygen atoms in total. The summed E-state index contributed by atoms with van der Waals surface area (Å²) in [6.07, 6.45) is -16.9. The normalized spacial score (nSPS) is 18.3. The van der Waals surface area contributed by atoms with E-state index in [4.69, 9.17) is 4.89 Å². The maximum Gasteiger partial charge on any atom is 0.460 e. The molecule has 1 atom stereocenters. The molecule has 0 rings (SSSR count). The summed E-state index contributed by atoms with van der Waals surface area (Å²) >= 11 is 0. The second-order valence-corrected chi connectivity index (χ2v) is 13.0. The van der Waals surface area contributed by atoms with Gasteiger partial charge in [0.1, 0.15) is 0 Å². The molecular weight excluding hydrogens is 1000 g/mol. The van der Waals surface area contributed by atoms with Crippen molar-refractivity contribution >= 4 is 7.37 Å². The Hall–Kier alpha value is -2.47. The van der Waals surface area contributed by atoms with Gasteiger partial charge in [0.15, 0.2) is 0 Å². The fraction of sp³-hybridized carbons (Fsp3) is 1.00. The Morgan fingerprint density at radius 1 is 0.203 bits per heavy atom. The molecule has 0 aliphatic heterocycles. The van der Waals surface area contributed by atoms with Crippen LogP contribution in [0.2, 0.25) is 0 Å². The third-order valence-corrected chi connectivity index (χ3v) is 9.05. The molecule has 0 amide bonds. The second kappa shape index (κ2) is 13.3. The first kappa shape index (κ1) is 56.5. The highest BCUT2D eigenvalue weighted by Crippen LogP contribution is 2.79. The molecule has 0 aromatic carbocycles. The third kappa shape index (κ3) is 6.25. The van der Waals surface area contributed by atoms with Gasteiger partial charge in [-0.1, -0.05) is 0 Å². The van der Waals surface area contributed by atoms with Crippen LogP contribution in [0.1, 0.15) is 0 Å². The Morgan fingerprint density at radius 3 is 0.424 bits per heavy atom. The molecule has 1 unspecified atom stereocenters. The Labute approximate surface area is 291 Å². The molecule has 59 heavy (non-hydrogen) atoms. The summed E-state index contributed by atoms with van der Waals surface area (Å²) in [4.78, 5) is 8.43. The van der Waals surface area contributed by atoms with Gasteiger partial charge >= 0.3 is 114 Å². The van der Waals surface area contributed by atoms with Crippen LogP contribution in [0, 0.1) is 0 Å². The van der Waals surface area contributed by atoms with Crippen molar-refractivity contribution in [2.45, 2.75) is 107 Å². The minimum atomic E-state index is -11.4. The SMILES string of the molecule is O=P(O)(C(F)(F)C(F)(F)C(F)(F)C(F)(F)C(F)(F)C(F)(F)F)C(F)(F)C(F)(F)C(F)(F)C(F)(F)C(F)(F)C(F)(F)C(F)(F)C(F)(F)C(F)(F)C(F)(F)C(F)(F)C(F)(F)F. The van der Waals surface area contributed by atoms with Crippen LogP contribution in [-0.2, 0) is 4.57 Å². The van der Waals surface area contributed by atoms with E-state index >= 15 is 0 Å². The Balaban J connectivity index is 7.93. The summed E-state index contributed by atoms with van der Waals surface area (Å²) in [5.74, 6) is -139. The topological polar surface area (TPSA) is 37.3 Å². The first-order valence-corrected chi connectivity index (χ1v) is 13.7. The minimum absolute atomic E-state index is 8.43. The fourth-order valence-corrected chi connectivity index (χ4v) is 4.66. The van der Waals surface area contributed by atoms with Crippen LogP contribution in [-0.4, -0.2) is 111 Å². The van der Waals surface area contributed by atoms with Gasteiger partial charge in [-0.25, -0.2) is 0 Å². The average molecular weight is 1000 g/mol. The zero-order chi connectivity index (χ0) is 49.5. The molecule has 0 spiro atoms. The van der Waals surface area contributed by atoms with E-state index in [0.717, 1.165) is 0 Å². The molecule has 0 saturated heterocycles. The smallest absolute Gasteiger partial charge is 0.336 e. The van der Waals surface area contributed by atoms with Crippen molar-refractivity contribution in [3.05, 3.63) is 0 Å². The molecule has 0 heterocycles. The van der Waals surface area contributed by atoms with Crippen LogP contribution in [0.5, 0.6) is 0 Å². The molecule has 0 aliphatic carbocycles. The lowest BCUT2D eigenvalue weighted by molar-refractivity contribution is -0.480. The van der Waals surface area contributed by atoms with Crippen molar-refractivity contribution in [2.75, 3.05) is 0 Å². The zero-order valence-corrected chi connectivity index (χ0v) is 25.6. The Bertz CT molecular complexity index is 1610. The van der Waals surface area contributed by atoms with Crippen molar-refractivity contribution in [3.63, 3.8) is 0 Å². The summed E-state index contributed by atoms with van der Waals surface area (Å²) < 4.78 is 519. The number of rotatable bonds is 16. The first-order valence-electron chi connectivity index (χ1n) is 12.0. The second-order valence-electron chi connectivity index (χ2n) is 10.7. The predicted octanol–water partition coefficient (Wildman–Crippen LogP) is 12.5. The van der Waals surface area contributed by atoms with Gasteiger partial charge in [-0.15, -0.1) is 0 Å². The standard InChI is InChI=1S/C18HF38O2P/c19-1(20,3(23,24)5(27,28)7(31,32)11(39,40)15(47,48)49)2(21,22)4(25,26)6(29,30)9(35,36)13(43,44)17(53,54)59(57,58)18(55,56)14(45,46)10(37,38)8(33,34)12(41,42)16(50,51)52/h(H,57,58). The lowest BCUT2D eigenvalue weighted by Crippen LogP contribution is -2.78. The van der Waals surface area contributed by atoms with Gasteiger partial charge in [0, 0.05) is 0 Å². The highest BCUT2D eigenvalue weighted by atomic mass is 31.2. The van der Waals surface area contributed by atoms with Crippen LogP contribution in [0.3, 0.4) is 0 Å². The number of hydrogen-bond donors (Lipinski definition) is 1. The number of halogens is 38. The van der Waals surface area contributed by atoms with Gasteiger partial charge in [-0.05, 0) is 0 Å². The van der Waals surface area contributed by atoms with E-state index in [1.807, 2.05) is 0 Å². The maximum absolute atomic E-state index is 14.0. The molecule has 0 aliphatic rings. The highest BCUT2D eigenvalue weighted by Gasteiger charge is 3.02. The quantitative estimate of drug-likeness (QED) is 0.124. The largest absolute Gasteiger partial charge is 0.460 e. The van der Waals surface area contributed by atoms with Crippen LogP contribution in [0.4, 0.5) is 167 Å². The molecule has 0 aromatic rings. The van der Waals surface area contributed by atoms with E-state index in [1.54, 1.807) is 0 Å². The number of hydrogen-bond acceptors (Lipinski definition) is 1. The van der Waals surface area contributed by atoms with Gasteiger partial charge in [-0.3, -0.25) is 4.57 Å².